The van der Waals surface area contributed by atoms with Gasteiger partial charge in [0.05, 0.1) is 22.8 Å². The van der Waals surface area contributed by atoms with Crippen LogP contribution in [0.2, 0.25) is 5.02 Å². The van der Waals surface area contributed by atoms with E-state index in [1.807, 2.05) is 77.5 Å². The Morgan fingerprint density at radius 1 is 0.912 bits per heavy atom. The SMILES string of the molecule is O=c1c2ccccc2nc(-c2cc3cc(Cl)ccc3o2)n1N=Cc1cccn1-c1ccccc1. The number of rotatable bonds is 4. The van der Waals surface area contributed by atoms with Gasteiger partial charge in [-0.05, 0) is 60.7 Å². The van der Waals surface area contributed by atoms with E-state index in [-0.39, 0.29) is 5.56 Å². The van der Waals surface area contributed by atoms with Crippen LogP contribution in [0.5, 0.6) is 0 Å². The van der Waals surface area contributed by atoms with Gasteiger partial charge in [-0.15, -0.1) is 0 Å². The fraction of sp³-hybridized carbons (Fsp3) is 0. The molecule has 34 heavy (non-hydrogen) atoms. The molecule has 0 aliphatic carbocycles. The van der Waals surface area contributed by atoms with E-state index in [0.717, 1.165) is 16.8 Å². The molecule has 0 aliphatic rings. The summed E-state index contributed by atoms with van der Waals surface area (Å²) in [5.74, 6) is 0.737. The lowest BCUT2D eigenvalue weighted by Crippen LogP contribution is -2.20. The summed E-state index contributed by atoms with van der Waals surface area (Å²) in [6, 6.07) is 28.2. The summed E-state index contributed by atoms with van der Waals surface area (Å²) in [6.07, 6.45) is 3.59. The molecule has 0 saturated carbocycles. The zero-order valence-corrected chi connectivity index (χ0v) is 18.6. The normalized spacial score (nSPS) is 11.7. The molecule has 0 N–H and O–H groups in total. The van der Waals surface area contributed by atoms with Gasteiger partial charge in [0, 0.05) is 22.3 Å². The van der Waals surface area contributed by atoms with E-state index >= 15 is 0 Å². The molecular weight excluding hydrogens is 448 g/mol. The van der Waals surface area contributed by atoms with E-state index in [4.69, 9.17) is 21.0 Å². The Labute approximate surface area is 199 Å². The maximum absolute atomic E-state index is 13.4. The predicted octanol–water partition coefficient (Wildman–Crippen LogP) is 6.14. The Morgan fingerprint density at radius 2 is 1.74 bits per heavy atom. The highest BCUT2D eigenvalue weighted by Crippen LogP contribution is 2.29. The van der Waals surface area contributed by atoms with Gasteiger partial charge in [-0.25, -0.2) is 4.98 Å². The van der Waals surface area contributed by atoms with E-state index in [1.54, 1.807) is 30.5 Å². The van der Waals surface area contributed by atoms with E-state index < -0.39 is 0 Å². The Hall–Kier alpha value is -4.42. The highest BCUT2D eigenvalue weighted by molar-refractivity contribution is 6.31. The van der Waals surface area contributed by atoms with Crippen molar-refractivity contribution in [3.63, 3.8) is 0 Å². The largest absolute Gasteiger partial charge is 0.453 e. The fourth-order valence-electron chi connectivity index (χ4n) is 3.95. The van der Waals surface area contributed by atoms with Crippen LogP contribution in [0.4, 0.5) is 0 Å². The van der Waals surface area contributed by atoms with Gasteiger partial charge in [-0.1, -0.05) is 41.9 Å². The number of nitrogens with zero attached hydrogens (tertiary/aromatic N) is 4. The van der Waals surface area contributed by atoms with E-state index in [1.165, 1.54) is 4.68 Å². The molecule has 0 unspecified atom stereocenters. The highest BCUT2D eigenvalue weighted by atomic mass is 35.5. The van der Waals surface area contributed by atoms with Gasteiger partial charge in [0.25, 0.3) is 5.56 Å². The molecule has 0 radical (unpaired) electrons. The number of para-hydroxylation sites is 2. The Kier molecular flexibility index (Phi) is 4.86. The third-order valence-electron chi connectivity index (χ3n) is 5.57. The van der Waals surface area contributed by atoms with Crippen LogP contribution in [-0.4, -0.2) is 20.4 Å². The van der Waals surface area contributed by atoms with Crippen molar-refractivity contribution < 1.29 is 4.42 Å². The van der Waals surface area contributed by atoms with Crippen LogP contribution < -0.4 is 5.56 Å². The molecule has 7 heteroatoms. The number of halogens is 1. The third kappa shape index (κ3) is 3.50. The smallest absolute Gasteiger partial charge is 0.282 e. The molecule has 3 aromatic carbocycles. The number of aromatic nitrogens is 3. The molecule has 6 rings (SSSR count). The second kappa shape index (κ2) is 8.17. The molecule has 164 valence electrons. The highest BCUT2D eigenvalue weighted by Gasteiger charge is 2.16. The minimum Gasteiger partial charge on any atom is -0.453 e. The van der Waals surface area contributed by atoms with Crippen molar-refractivity contribution in [1.29, 1.82) is 0 Å². The molecular formula is C27H17ClN4O2. The lowest BCUT2D eigenvalue weighted by Gasteiger charge is -2.08. The Bertz CT molecular complexity index is 1750. The number of fused-ring (bicyclic) bond motifs is 2. The van der Waals surface area contributed by atoms with Gasteiger partial charge in [-0.3, -0.25) is 4.79 Å². The monoisotopic (exact) mass is 464 g/mol. The summed E-state index contributed by atoms with van der Waals surface area (Å²) in [7, 11) is 0. The number of benzene rings is 3. The minimum atomic E-state index is -0.284. The molecule has 0 amide bonds. The van der Waals surface area contributed by atoms with Crippen LogP contribution >= 0.6 is 11.6 Å². The lowest BCUT2D eigenvalue weighted by molar-refractivity contribution is 0.616. The summed E-state index contributed by atoms with van der Waals surface area (Å²) in [5.41, 5.74) is 2.74. The molecule has 3 aromatic heterocycles. The van der Waals surface area contributed by atoms with E-state index in [0.29, 0.717) is 33.1 Å². The maximum Gasteiger partial charge on any atom is 0.282 e. The van der Waals surface area contributed by atoms with Crippen LogP contribution in [-0.2, 0) is 0 Å². The van der Waals surface area contributed by atoms with Gasteiger partial charge in [0.15, 0.2) is 5.76 Å². The first-order valence-electron chi connectivity index (χ1n) is 10.7. The summed E-state index contributed by atoms with van der Waals surface area (Å²) in [5, 5.41) is 6.45. The molecule has 0 atom stereocenters. The third-order valence-corrected chi connectivity index (χ3v) is 5.81. The van der Waals surface area contributed by atoms with Crippen molar-refractivity contribution in [3.8, 4) is 17.3 Å². The van der Waals surface area contributed by atoms with Crippen molar-refractivity contribution in [2.24, 2.45) is 5.10 Å². The zero-order chi connectivity index (χ0) is 23.1. The van der Waals surface area contributed by atoms with Crippen molar-refractivity contribution in [3.05, 3.63) is 118 Å². The van der Waals surface area contributed by atoms with Crippen molar-refractivity contribution in [2.75, 3.05) is 0 Å². The second-order valence-electron chi connectivity index (χ2n) is 7.75. The summed E-state index contributed by atoms with van der Waals surface area (Å²) >= 11 is 6.14. The average molecular weight is 465 g/mol. The molecule has 0 saturated heterocycles. The second-order valence-corrected chi connectivity index (χ2v) is 8.18. The molecule has 0 fully saturated rings. The quantitative estimate of drug-likeness (QED) is 0.294. The van der Waals surface area contributed by atoms with Crippen LogP contribution in [0.3, 0.4) is 0 Å². The molecule has 0 spiro atoms. The summed E-state index contributed by atoms with van der Waals surface area (Å²) in [6.45, 7) is 0. The first-order valence-corrected chi connectivity index (χ1v) is 11.0. The van der Waals surface area contributed by atoms with Gasteiger partial charge < -0.3 is 8.98 Å². The van der Waals surface area contributed by atoms with Crippen LogP contribution in [0.15, 0.2) is 112 Å². The number of hydrogen-bond acceptors (Lipinski definition) is 4. The summed E-state index contributed by atoms with van der Waals surface area (Å²) < 4.78 is 9.30. The Balaban J connectivity index is 1.54. The lowest BCUT2D eigenvalue weighted by atomic mass is 10.2. The fourth-order valence-corrected chi connectivity index (χ4v) is 4.14. The van der Waals surface area contributed by atoms with E-state index in [9.17, 15) is 4.79 Å². The van der Waals surface area contributed by atoms with Crippen molar-refractivity contribution >= 4 is 39.7 Å². The molecule has 6 aromatic rings. The van der Waals surface area contributed by atoms with Crippen LogP contribution in [0.25, 0.3) is 39.1 Å². The molecule has 3 heterocycles. The van der Waals surface area contributed by atoms with Gasteiger partial charge >= 0.3 is 0 Å². The molecule has 6 nitrogen and oxygen atoms in total. The minimum absolute atomic E-state index is 0.284. The number of hydrogen-bond donors (Lipinski definition) is 0. The van der Waals surface area contributed by atoms with E-state index in [2.05, 4.69) is 5.10 Å². The maximum atomic E-state index is 13.4. The topological polar surface area (TPSA) is 65.3 Å². The summed E-state index contributed by atoms with van der Waals surface area (Å²) in [4.78, 5) is 18.2. The zero-order valence-electron chi connectivity index (χ0n) is 17.8. The van der Waals surface area contributed by atoms with Crippen LogP contribution in [0, 0.1) is 0 Å². The average Bonchev–Trinajstić information content (AvgIpc) is 3.50. The molecule has 0 bridgehead atoms. The first-order chi connectivity index (χ1) is 16.7. The van der Waals surface area contributed by atoms with Gasteiger partial charge in [-0.2, -0.15) is 9.78 Å². The van der Waals surface area contributed by atoms with Gasteiger partial charge in [0.1, 0.15) is 5.58 Å². The predicted molar refractivity (Wildman–Crippen MR) is 135 cm³/mol. The number of furan rings is 1. The van der Waals surface area contributed by atoms with Crippen LogP contribution in [0.1, 0.15) is 5.69 Å². The standard InChI is InChI=1S/C27H17ClN4O2/c28-19-12-13-24-18(15-19)16-25(34-24)26-30-23-11-5-4-10-22(23)27(33)32(26)29-17-21-9-6-14-31(21)20-7-2-1-3-8-20/h1-17H. The first kappa shape index (κ1) is 20.2. The Morgan fingerprint density at radius 3 is 2.62 bits per heavy atom. The van der Waals surface area contributed by atoms with Crippen molar-refractivity contribution in [1.82, 2.24) is 14.2 Å². The molecule has 0 aliphatic heterocycles. The van der Waals surface area contributed by atoms with Crippen molar-refractivity contribution in [2.45, 2.75) is 0 Å². The van der Waals surface area contributed by atoms with Gasteiger partial charge in [0.2, 0.25) is 5.82 Å².